The van der Waals surface area contributed by atoms with Gasteiger partial charge in [0.25, 0.3) is 0 Å². The summed E-state index contributed by atoms with van der Waals surface area (Å²) >= 11 is 11.5. The topological polar surface area (TPSA) is 36.5 Å². The minimum absolute atomic E-state index is 0.536. The van der Waals surface area contributed by atoms with Gasteiger partial charge in [0.1, 0.15) is 0 Å². The lowest BCUT2D eigenvalue weighted by Gasteiger charge is -2.29. The zero-order chi connectivity index (χ0) is 16.9. The Morgan fingerprint density at radius 2 is 1.67 bits per heavy atom. The molecule has 2 N–H and O–H groups in total. The maximum Gasteiger partial charge on any atom is 0.175 e. The van der Waals surface area contributed by atoms with Gasteiger partial charge in [0, 0.05) is 35.2 Å². The Kier molecular flexibility index (Phi) is 5.56. The number of thiocarbonyl (C=S) groups is 1. The monoisotopic (exact) mass is 361 g/mol. The van der Waals surface area contributed by atoms with Gasteiger partial charge in [-0.25, -0.2) is 0 Å². The van der Waals surface area contributed by atoms with E-state index in [0.717, 1.165) is 48.3 Å². The second kappa shape index (κ2) is 7.83. The van der Waals surface area contributed by atoms with Crippen molar-refractivity contribution >= 4 is 46.0 Å². The van der Waals surface area contributed by atoms with Crippen LogP contribution in [0.5, 0.6) is 0 Å². The molecule has 126 valence electrons. The van der Waals surface area contributed by atoms with Crippen LogP contribution in [0.4, 0.5) is 17.1 Å². The summed E-state index contributed by atoms with van der Waals surface area (Å²) in [6.45, 7) is 5.40. The molecule has 0 radical (unpaired) electrons. The Labute approximate surface area is 152 Å². The number of nitrogens with one attached hydrogen (secondary N) is 2. The highest BCUT2D eigenvalue weighted by Crippen LogP contribution is 2.21. The number of aryl methyl sites for hydroxylation is 1. The molecule has 0 spiro atoms. The van der Waals surface area contributed by atoms with E-state index in [1.165, 1.54) is 5.69 Å². The predicted octanol–water partition coefficient (Wildman–Crippen LogP) is 4.29. The lowest BCUT2D eigenvalue weighted by atomic mass is 10.2. The first-order chi connectivity index (χ1) is 11.6. The van der Waals surface area contributed by atoms with Crippen molar-refractivity contribution in [3.63, 3.8) is 0 Å². The molecule has 24 heavy (non-hydrogen) atoms. The van der Waals surface area contributed by atoms with E-state index < -0.39 is 0 Å². The van der Waals surface area contributed by atoms with Crippen LogP contribution in [0.3, 0.4) is 0 Å². The largest absolute Gasteiger partial charge is 0.378 e. The third-order valence-corrected chi connectivity index (χ3v) is 4.54. The lowest BCUT2D eigenvalue weighted by molar-refractivity contribution is 0.122. The van der Waals surface area contributed by atoms with Crippen molar-refractivity contribution in [1.82, 2.24) is 0 Å². The number of anilines is 3. The average Bonchev–Trinajstić information content (AvgIpc) is 2.59. The Bertz CT molecular complexity index is 715. The number of hydrogen-bond donors (Lipinski definition) is 2. The van der Waals surface area contributed by atoms with Crippen molar-refractivity contribution in [2.75, 3.05) is 41.8 Å². The number of rotatable bonds is 3. The summed E-state index contributed by atoms with van der Waals surface area (Å²) in [5.74, 6) is 0. The van der Waals surface area contributed by atoms with Crippen molar-refractivity contribution in [2.45, 2.75) is 6.92 Å². The maximum absolute atomic E-state index is 6.13. The third kappa shape index (κ3) is 4.38. The first kappa shape index (κ1) is 17.0. The molecule has 0 bridgehead atoms. The molecule has 1 aliphatic heterocycles. The average molecular weight is 362 g/mol. The van der Waals surface area contributed by atoms with Crippen LogP contribution >= 0.6 is 23.8 Å². The summed E-state index contributed by atoms with van der Waals surface area (Å²) in [7, 11) is 0. The smallest absolute Gasteiger partial charge is 0.175 e. The molecule has 3 rings (SSSR count). The van der Waals surface area contributed by atoms with E-state index in [1.807, 2.05) is 37.3 Å². The Balaban J connectivity index is 1.58. The zero-order valence-corrected chi connectivity index (χ0v) is 15.1. The summed E-state index contributed by atoms with van der Waals surface area (Å²) in [6, 6.07) is 14.0. The summed E-state index contributed by atoms with van der Waals surface area (Å²) in [5.41, 5.74) is 4.06. The normalized spacial score (nSPS) is 14.3. The van der Waals surface area contributed by atoms with Gasteiger partial charge in [-0.2, -0.15) is 0 Å². The molecule has 0 saturated carbocycles. The van der Waals surface area contributed by atoms with Gasteiger partial charge in [0.15, 0.2) is 5.11 Å². The van der Waals surface area contributed by atoms with Gasteiger partial charge in [-0.15, -0.1) is 0 Å². The zero-order valence-electron chi connectivity index (χ0n) is 13.5. The van der Waals surface area contributed by atoms with Gasteiger partial charge in [0.2, 0.25) is 0 Å². The highest BCUT2D eigenvalue weighted by molar-refractivity contribution is 7.80. The molecular formula is C18H20ClN3OS. The van der Waals surface area contributed by atoms with Crippen LogP contribution in [0.25, 0.3) is 0 Å². The number of halogens is 1. The van der Waals surface area contributed by atoms with E-state index in [2.05, 4.69) is 27.7 Å². The summed E-state index contributed by atoms with van der Waals surface area (Å²) in [6.07, 6.45) is 0. The van der Waals surface area contributed by atoms with E-state index in [-0.39, 0.29) is 0 Å². The number of morpholine rings is 1. The molecule has 1 fully saturated rings. The fourth-order valence-corrected chi connectivity index (χ4v) is 2.96. The van der Waals surface area contributed by atoms with Crippen molar-refractivity contribution < 1.29 is 4.74 Å². The summed E-state index contributed by atoms with van der Waals surface area (Å²) < 4.78 is 5.38. The lowest BCUT2D eigenvalue weighted by Crippen LogP contribution is -2.36. The van der Waals surface area contributed by atoms with Crippen molar-refractivity contribution in [3.05, 3.63) is 53.1 Å². The van der Waals surface area contributed by atoms with Crippen molar-refractivity contribution in [3.8, 4) is 0 Å². The Morgan fingerprint density at radius 1 is 1.04 bits per heavy atom. The molecule has 0 atom stereocenters. The summed E-state index contributed by atoms with van der Waals surface area (Å²) in [4.78, 5) is 2.32. The predicted molar refractivity (Wildman–Crippen MR) is 106 cm³/mol. The van der Waals surface area contributed by atoms with E-state index in [1.54, 1.807) is 0 Å². The molecule has 2 aromatic rings. The Hall–Kier alpha value is -1.82. The third-order valence-electron chi connectivity index (χ3n) is 3.93. The molecule has 4 nitrogen and oxygen atoms in total. The molecule has 1 aliphatic rings. The van der Waals surface area contributed by atoms with Crippen LogP contribution in [-0.4, -0.2) is 31.4 Å². The van der Waals surface area contributed by atoms with Crippen LogP contribution in [0, 0.1) is 6.92 Å². The van der Waals surface area contributed by atoms with Crippen LogP contribution < -0.4 is 15.5 Å². The SMILES string of the molecule is Cc1ccc(NC(=S)Nc2ccc(N3CCOCC3)cc2)cc1Cl. The number of hydrogen-bond acceptors (Lipinski definition) is 3. The number of benzene rings is 2. The Morgan fingerprint density at radius 3 is 2.33 bits per heavy atom. The second-order valence-corrected chi connectivity index (χ2v) is 6.50. The molecule has 0 aromatic heterocycles. The van der Waals surface area contributed by atoms with Crippen LogP contribution in [0.15, 0.2) is 42.5 Å². The van der Waals surface area contributed by atoms with E-state index >= 15 is 0 Å². The second-order valence-electron chi connectivity index (χ2n) is 5.69. The van der Waals surface area contributed by atoms with Gasteiger partial charge in [-0.1, -0.05) is 17.7 Å². The quantitative estimate of drug-likeness (QED) is 0.797. The molecule has 2 aromatic carbocycles. The van der Waals surface area contributed by atoms with E-state index in [4.69, 9.17) is 28.6 Å². The molecule has 0 amide bonds. The minimum atomic E-state index is 0.536. The van der Waals surface area contributed by atoms with Gasteiger partial charge < -0.3 is 20.3 Å². The molecular weight excluding hydrogens is 342 g/mol. The standard InChI is InChI=1S/C18H20ClN3OS/c1-13-2-3-15(12-17(13)19)21-18(24)20-14-4-6-16(7-5-14)22-8-10-23-11-9-22/h2-7,12H,8-11H2,1H3,(H2,20,21,24). The molecule has 1 saturated heterocycles. The van der Waals surface area contributed by atoms with Gasteiger partial charge in [-0.3, -0.25) is 0 Å². The fraction of sp³-hybridized carbons (Fsp3) is 0.278. The van der Waals surface area contributed by atoms with Gasteiger partial charge in [0.05, 0.1) is 13.2 Å². The highest BCUT2D eigenvalue weighted by Gasteiger charge is 2.10. The number of nitrogens with zero attached hydrogens (tertiary/aromatic N) is 1. The molecule has 0 aliphatic carbocycles. The fourth-order valence-electron chi connectivity index (χ4n) is 2.54. The van der Waals surface area contributed by atoms with Crippen LogP contribution in [0.2, 0.25) is 5.02 Å². The van der Waals surface area contributed by atoms with Gasteiger partial charge in [-0.05, 0) is 61.1 Å². The van der Waals surface area contributed by atoms with Crippen LogP contribution in [-0.2, 0) is 4.74 Å². The van der Waals surface area contributed by atoms with E-state index in [0.29, 0.717) is 5.11 Å². The molecule has 1 heterocycles. The van der Waals surface area contributed by atoms with E-state index in [9.17, 15) is 0 Å². The first-order valence-corrected chi connectivity index (χ1v) is 8.67. The van der Waals surface area contributed by atoms with Crippen LogP contribution in [0.1, 0.15) is 5.56 Å². The van der Waals surface area contributed by atoms with Crippen molar-refractivity contribution in [2.24, 2.45) is 0 Å². The number of ether oxygens (including phenoxy) is 1. The maximum atomic E-state index is 6.13. The summed E-state index contributed by atoms with van der Waals surface area (Å²) in [5, 5.41) is 7.59. The minimum Gasteiger partial charge on any atom is -0.378 e. The first-order valence-electron chi connectivity index (χ1n) is 7.89. The van der Waals surface area contributed by atoms with Crippen molar-refractivity contribution in [1.29, 1.82) is 0 Å². The molecule has 0 unspecified atom stereocenters. The molecule has 6 heteroatoms. The van der Waals surface area contributed by atoms with Gasteiger partial charge >= 0.3 is 0 Å². The highest BCUT2D eigenvalue weighted by atomic mass is 35.5.